The van der Waals surface area contributed by atoms with Crippen LogP contribution in [0.2, 0.25) is 0 Å². The van der Waals surface area contributed by atoms with Gasteiger partial charge in [0.15, 0.2) is 0 Å². The molecule has 0 saturated carbocycles. The van der Waals surface area contributed by atoms with Gasteiger partial charge in [-0.3, -0.25) is 4.79 Å². The van der Waals surface area contributed by atoms with E-state index in [4.69, 9.17) is 0 Å². The molecule has 0 fully saturated rings. The Morgan fingerprint density at radius 2 is 1.47 bits per heavy atom. The Kier molecular flexibility index (Phi) is 13.0. The zero-order valence-electron chi connectivity index (χ0n) is 11.7. The van der Waals surface area contributed by atoms with E-state index in [0.29, 0.717) is 0 Å². The molecule has 0 bridgehead atoms. The molecule has 2 aromatic rings. The largest absolute Gasteiger partial charge is 0.268 e. The molecule has 1 N–H and O–H groups in total. The molecule has 1 aromatic carbocycles. The fourth-order valence-electron chi connectivity index (χ4n) is 1.00. The SMILES string of the molecule is CC.CC.CC.O=c1cc2ccccc2n[nH]1. The molecule has 2 rings (SSSR count). The van der Waals surface area contributed by atoms with Gasteiger partial charge in [0.25, 0.3) is 5.56 Å². The van der Waals surface area contributed by atoms with Crippen LogP contribution in [0.25, 0.3) is 10.9 Å². The van der Waals surface area contributed by atoms with Crippen molar-refractivity contribution in [2.75, 3.05) is 0 Å². The predicted octanol–water partition coefficient (Wildman–Crippen LogP) is 4.00. The number of hydrogen-bond donors (Lipinski definition) is 1. The normalized spacial score (nSPS) is 7.65. The highest BCUT2D eigenvalue weighted by molar-refractivity contribution is 5.77. The highest BCUT2D eigenvalue weighted by Crippen LogP contribution is 2.04. The molecule has 3 nitrogen and oxygen atoms in total. The molecule has 0 aliphatic heterocycles. The number of fused-ring (bicyclic) bond motifs is 1. The Bertz CT molecular complexity index is 435. The third-order valence-corrected chi connectivity index (χ3v) is 1.51. The zero-order valence-corrected chi connectivity index (χ0v) is 11.7. The van der Waals surface area contributed by atoms with Crippen LogP contribution in [-0.4, -0.2) is 10.2 Å². The number of nitrogens with one attached hydrogen (secondary N) is 1. The molecular weight excluding hydrogens is 212 g/mol. The highest BCUT2D eigenvalue weighted by Gasteiger charge is 1.91. The number of rotatable bonds is 0. The van der Waals surface area contributed by atoms with E-state index in [1.54, 1.807) is 0 Å². The summed E-state index contributed by atoms with van der Waals surface area (Å²) >= 11 is 0. The first kappa shape index (κ1) is 17.7. The Hall–Kier alpha value is -1.64. The molecular formula is C14H24N2O. The molecule has 0 aliphatic carbocycles. The second-order valence-corrected chi connectivity index (χ2v) is 2.29. The van der Waals surface area contributed by atoms with Crippen LogP contribution in [0.15, 0.2) is 35.1 Å². The predicted molar refractivity (Wildman–Crippen MR) is 76.4 cm³/mol. The number of benzene rings is 1. The van der Waals surface area contributed by atoms with Crippen molar-refractivity contribution in [3.05, 3.63) is 40.7 Å². The van der Waals surface area contributed by atoms with Gasteiger partial charge in [-0.15, -0.1) is 0 Å². The van der Waals surface area contributed by atoms with Gasteiger partial charge in [0.2, 0.25) is 0 Å². The average Bonchev–Trinajstić information content (AvgIpc) is 2.45. The topological polar surface area (TPSA) is 45.8 Å². The van der Waals surface area contributed by atoms with Gasteiger partial charge in [-0.25, -0.2) is 5.10 Å². The van der Waals surface area contributed by atoms with Crippen molar-refractivity contribution in [3.8, 4) is 0 Å². The van der Waals surface area contributed by atoms with Crippen LogP contribution in [-0.2, 0) is 0 Å². The van der Waals surface area contributed by atoms with Gasteiger partial charge in [0, 0.05) is 11.5 Å². The summed E-state index contributed by atoms with van der Waals surface area (Å²) in [6.45, 7) is 12.0. The van der Waals surface area contributed by atoms with Crippen molar-refractivity contribution in [3.63, 3.8) is 0 Å². The smallest absolute Gasteiger partial charge is 0.264 e. The fourth-order valence-corrected chi connectivity index (χ4v) is 1.00. The van der Waals surface area contributed by atoms with E-state index in [2.05, 4.69) is 10.2 Å². The first-order chi connectivity index (χ1) is 8.36. The van der Waals surface area contributed by atoms with Crippen LogP contribution < -0.4 is 5.56 Å². The summed E-state index contributed by atoms with van der Waals surface area (Å²) < 4.78 is 0. The van der Waals surface area contributed by atoms with E-state index in [0.717, 1.165) is 10.9 Å². The number of nitrogens with zero attached hydrogens (tertiary/aromatic N) is 1. The van der Waals surface area contributed by atoms with Crippen LogP contribution in [0.3, 0.4) is 0 Å². The van der Waals surface area contributed by atoms with Crippen molar-refractivity contribution in [1.29, 1.82) is 0 Å². The minimum atomic E-state index is -0.163. The van der Waals surface area contributed by atoms with Crippen molar-refractivity contribution >= 4 is 10.9 Å². The van der Waals surface area contributed by atoms with Gasteiger partial charge in [-0.05, 0) is 6.07 Å². The maximum Gasteiger partial charge on any atom is 0.264 e. The number of H-pyrrole nitrogens is 1. The van der Waals surface area contributed by atoms with Crippen LogP contribution in [0.4, 0.5) is 0 Å². The van der Waals surface area contributed by atoms with E-state index >= 15 is 0 Å². The maximum absolute atomic E-state index is 10.8. The second kappa shape index (κ2) is 12.4. The maximum atomic E-state index is 10.8. The zero-order chi connectivity index (χ0) is 13.7. The van der Waals surface area contributed by atoms with Gasteiger partial charge in [-0.1, -0.05) is 59.7 Å². The molecule has 3 heteroatoms. The molecule has 0 radical (unpaired) electrons. The fraction of sp³-hybridized carbons (Fsp3) is 0.429. The van der Waals surface area contributed by atoms with Gasteiger partial charge < -0.3 is 0 Å². The standard InChI is InChI=1S/C8H6N2O.3C2H6/c11-8-5-6-3-1-2-4-7(6)9-10-8;3*1-2/h1-5H,(H,10,11);3*1-2H3. The Labute approximate surface area is 104 Å². The van der Waals surface area contributed by atoms with Crippen LogP contribution in [0, 0.1) is 0 Å². The molecule has 0 saturated heterocycles. The number of hydrogen-bond acceptors (Lipinski definition) is 2. The summed E-state index contributed by atoms with van der Waals surface area (Å²) in [6.07, 6.45) is 0. The number of aromatic amines is 1. The molecule has 0 aliphatic rings. The minimum Gasteiger partial charge on any atom is -0.268 e. The summed E-state index contributed by atoms with van der Waals surface area (Å²) in [5, 5.41) is 7.08. The van der Waals surface area contributed by atoms with Crippen LogP contribution in [0.5, 0.6) is 0 Å². The number of para-hydroxylation sites is 1. The molecule has 17 heavy (non-hydrogen) atoms. The number of aromatic nitrogens is 2. The molecule has 1 aromatic heterocycles. The molecule has 0 unspecified atom stereocenters. The molecule has 96 valence electrons. The van der Waals surface area contributed by atoms with E-state index in [1.165, 1.54) is 6.07 Å². The van der Waals surface area contributed by atoms with Crippen molar-refractivity contribution in [2.24, 2.45) is 0 Å². The first-order valence-electron chi connectivity index (χ1n) is 6.31. The Balaban J connectivity index is 0. The summed E-state index contributed by atoms with van der Waals surface area (Å²) in [6, 6.07) is 9.00. The van der Waals surface area contributed by atoms with Crippen molar-refractivity contribution in [2.45, 2.75) is 41.5 Å². The van der Waals surface area contributed by atoms with Gasteiger partial charge >= 0.3 is 0 Å². The van der Waals surface area contributed by atoms with E-state index in [-0.39, 0.29) is 5.56 Å². The molecule has 0 spiro atoms. The van der Waals surface area contributed by atoms with Gasteiger partial charge in [-0.2, -0.15) is 5.10 Å². The van der Waals surface area contributed by atoms with E-state index in [1.807, 2.05) is 65.8 Å². The van der Waals surface area contributed by atoms with E-state index < -0.39 is 0 Å². The quantitative estimate of drug-likeness (QED) is 0.751. The van der Waals surface area contributed by atoms with E-state index in [9.17, 15) is 4.79 Å². The lowest BCUT2D eigenvalue weighted by Crippen LogP contribution is -2.04. The van der Waals surface area contributed by atoms with Crippen molar-refractivity contribution in [1.82, 2.24) is 10.2 Å². The van der Waals surface area contributed by atoms with Crippen molar-refractivity contribution < 1.29 is 0 Å². The third kappa shape index (κ3) is 6.51. The summed E-state index contributed by atoms with van der Waals surface area (Å²) in [5.41, 5.74) is 0.649. The highest BCUT2D eigenvalue weighted by atomic mass is 16.1. The first-order valence-corrected chi connectivity index (χ1v) is 6.31. The summed E-state index contributed by atoms with van der Waals surface area (Å²) in [7, 11) is 0. The van der Waals surface area contributed by atoms with Crippen LogP contribution >= 0.6 is 0 Å². The minimum absolute atomic E-state index is 0.163. The van der Waals surface area contributed by atoms with Gasteiger partial charge in [0.05, 0.1) is 5.52 Å². The second-order valence-electron chi connectivity index (χ2n) is 2.29. The molecule has 0 amide bonds. The van der Waals surface area contributed by atoms with Crippen LogP contribution in [0.1, 0.15) is 41.5 Å². The molecule has 0 atom stereocenters. The summed E-state index contributed by atoms with van der Waals surface area (Å²) in [5.74, 6) is 0. The lowest BCUT2D eigenvalue weighted by atomic mass is 10.2. The lowest BCUT2D eigenvalue weighted by molar-refractivity contribution is 1.03. The average molecular weight is 236 g/mol. The van der Waals surface area contributed by atoms with Gasteiger partial charge in [0.1, 0.15) is 0 Å². The lowest BCUT2D eigenvalue weighted by Gasteiger charge is -1.91. The summed E-state index contributed by atoms with van der Waals surface area (Å²) in [4.78, 5) is 10.8. The Morgan fingerprint density at radius 1 is 0.941 bits per heavy atom. The third-order valence-electron chi connectivity index (χ3n) is 1.51. The Morgan fingerprint density at radius 3 is 2.06 bits per heavy atom. The molecule has 1 heterocycles. The monoisotopic (exact) mass is 236 g/mol.